The Bertz CT molecular complexity index is 853. The number of aromatic nitrogens is 3. The van der Waals surface area contributed by atoms with Gasteiger partial charge in [0.2, 0.25) is 5.91 Å². The van der Waals surface area contributed by atoms with Crippen molar-refractivity contribution in [2.45, 2.75) is 31.7 Å². The highest BCUT2D eigenvalue weighted by atomic mass is 35.5. The molecular weight excluding hydrogens is 392 g/mol. The van der Waals surface area contributed by atoms with E-state index in [1.165, 1.54) is 6.20 Å². The molecule has 29 heavy (non-hydrogen) atoms. The van der Waals surface area contributed by atoms with E-state index in [1.807, 2.05) is 0 Å². The van der Waals surface area contributed by atoms with Crippen molar-refractivity contribution in [1.29, 1.82) is 0 Å². The largest absolute Gasteiger partial charge is 0.381 e. The van der Waals surface area contributed by atoms with Crippen molar-refractivity contribution in [2.24, 2.45) is 5.92 Å². The standard InChI is InChI=1S/C20H25ClN6O2/c21-15-10-25-18(27-20(28)16-2-1-5-23-16)8-14(15)17-11-22-12-19(26-17)24-9-13-3-6-29-7-4-13/h8,10-13,16,23H,1-7,9H2,(H,24,26)(H,25,27,28)/t16-/m1/s1. The summed E-state index contributed by atoms with van der Waals surface area (Å²) in [6.45, 7) is 3.33. The van der Waals surface area contributed by atoms with Gasteiger partial charge in [-0.15, -0.1) is 0 Å². The van der Waals surface area contributed by atoms with E-state index in [1.54, 1.807) is 18.5 Å². The van der Waals surface area contributed by atoms with Crippen LogP contribution in [0.15, 0.2) is 24.7 Å². The quantitative estimate of drug-likeness (QED) is 0.665. The van der Waals surface area contributed by atoms with Gasteiger partial charge in [-0.3, -0.25) is 9.78 Å². The van der Waals surface area contributed by atoms with Gasteiger partial charge < -0.3 is 20.7 Å². The Morgan fingerprint density at radius 3 is 2.86 bits per heavy atom. The van der Waals surface area contributed by atoms with Crippen LogP contribution in [0.2, 0.25) is 5.02 Å². The van der Waals surface area contributed by atoms with Gasteiger partial charge in [0, 0.05) is 31.5 Å². The summed E-state index contributed by atoms with van der Waals surface area (Å²) in [6.07, 6.45) is 8.82. The van der Waals surface area contributed by atoms with Gasteiger partial charge in [0.15, 0.2) is 0 Å². The second-order valence-corrected chi connectivity index (χ2v) is 7.82. The molecule has 2 fully saturated rings. The summed E-state index contributed by atoms with van der Waals surface area (Å²) >= 11 is 6.36. The zero-order valence-corrected chi connectivity index (χ0v) is 16.9. The van der Waals surface area contributed by atoms with E-state index in [9.17, 15) is 4.79 Å². The summed E-state index contributed by atoms with van der Waals surface area (Å²) in [5, 5.41) is 9.85. The molecule has 0 aliphatic carbocycles. The molecular formula is C20H25ClN6O2. The maximum atomic E-state index is 12.3. The van der Waals surface area contributed by atoms with Crippen LogP contribution < -0.4 is 16.0 Å². The summed E-state index contributed by atoms with van der Waals surface area (Å²) in [4.78, 5) is 25.5. The second-order valence-electron chi connectivity index (χ2n) is 7.41. The van der Waals surface area contributed by atoms with Gasteiger partial charge in [0.05, 0.1) is 29.2 Å². The molecule has 0 spiro atoms. The minimum absolute atomic E-state index is 0.0822. The van der Waals surface area contributed by atoms with Gasteiger partial charge in [-0.05, 0) is 44.2 Å². The Morgan fingerprint density at radius 1 is 1.21 bits per heavy atom. The average Bonchev–Trinajstić information content (AvgIpc) is 3.30. The lowest BCUT2D eigenvalue weighted by Gasteiger charge is -2.22. The molecule has 9 heteroatoms. The number of carbonyl (C=O) groups is 1. The number of nitrogens with zero attached hydrogens (tertiary/aromatic N) is 3. The molecule has 0 unspecified atom stereocenters. The predicted octanol–water partition coefficient (Wildman–Crippen LogP) is 2.72. The first-order valence-corrected chi connectivity index (χ1v) is 10.4. The lowest BCUT2D eigenvalue weighted by atomic mass is 10.0. The molecule has 0 saturated carbocycles. The molecule has 2 saturated heterocycles. The number of carbonyl (C=O) groups excluding carboxylic acids is 1. The Labute approximate surface area is 174 Å². The van der Waals surface area contributed by atoms with Gasteiger partial charge in [-0.1, -0.05) is 11.6 Å². The SMILES string of the molecule is O=C(Nc1cc(-c2cncc(NCC3CCOCC3)n2)c(Cl)cn1)[C@H]1CCCN1. The van der Waals surface area contributed by atoms with Crippen molar-refractivity contribution < 1.29 is 9.53 Å². The Balaban J connectivity index is 1.46. The Morgan fingerprint density at radius 2 is 2.07 bits per heavy atom. The van der Waals surface area contributed by atoms with Crippen LogP contribution in [0.5, 0.6) is 0 Å². The van der Waals surface area contributed by atoms with Crippen molar-refractivity contribution in [3.63, 3.8) is 0 Å². The molecule has 2 aliphatic rings. The number of hydrogen-bond donors (Lipinski definition) is 3. The molecule has 8 nitrogen and oxygen atoms in total. The monoisotopic (exact) mass is 416 g/mol. The fraction of sp³-hybridized carbons (Fsp3) is 0.500. The highest BCUT2D eigenvalue weighted by molar-refractivity contribution is 6.33. The van der Waals surface area contributed by atoms with Gasteiger partial charge >= 0.3 is 0 Å². The van der Waals surface area contributed by atoms with Crippen LogP contribution in [0.25, 0.3) is 11.3 Å². The summed E-state index contributed by atoms with van der Waals surface area (Å²) in [5.41, 5.74) is 1.31. The molecule has 4 rings (SSSR count). The Hall–Kier alpha value is -2.29. The van der Waals surface area contributed by atoms with E-state index < -0.39 is 0 Å². The molecule has 2 aromatic rings. The van der Waals surface area contributed by atoms with Crippen LogP contribution >= 0.6 is 11.6 Å². The van der Waals surface area contributed by atoms with E-state index in [-0.39, 0.29) is 11.9 Å². The average molecular weight is 417 g/mol. The maximum Gasteiger partial charge on any atom is 0.242 e. The minimum atomic E-state index is -0.173. The van der Waals surface area contributed by atoms with Crippen molar-refractivity contribution in [3.8, 4) is 11.3 Å². The Kier molecular flexibility index (Phi) is 6.53. The number of pyridine rings is 1. The highest BCUT2D eigenvalue weighted by Crippen LogP contribution is 2.28. The predicted molar refractivity (Wildman–Crippen MR) is 112 cm³/mol. The highest BCUT2D eigenvalue weighted by Gasteiger charge is 2.22. The summed E-state index contributed by atoms with van der Waals surface area (Å²) in [5.74, 6) is 1.64. The van der Waals surface area contributed by atoms with Crippen LogP contribution in [0.3, 0.4) is 0 Å². The zero-order valence-electron chi connectivity index (χ0n) is 16.2. The van der Waals surface area contributed by atoms with Crippen molar-refractivity contribution >= 4 is 29.1 Å². The molecule has 3 N–H and O–H groups in total. The summed E-state index contributed by atoms with van der Waals surface area (Å²) < 4.78 is 5.40. The van der Waals surface area contributed by atoms with E-state index >= 15 is 0 Å². The first-order valence-electron chi connectivity index (χ1n) is 10.0. The number of ether oxygens (including phenoxy) is 1. The summed E-state index contributed by atoms with van der Waals surface area (Å²) in [6, 6.07) is 1.56. The van der Waals surface area contributed by atoms with Crippen molar-refractivity contribution in [1.82, 2.24) is 20.3 Å². The lowest BCUT2D eigenvalue weighted by molar-refractivity contribution is -0.117. The fourth-order valence-electron chi connectivity index (χ4n) is 3.61. The molecule has 4 heterocycles. The zero-order chi connectivity index (χ0) is 20.1. The number of amides is 1. The third-order valence-corrected chi connectivity index (χ3v) is 5.61. The minimum Gasteiger partial charge on any atom is -0.381 e. The van der Waals surface area contributed by atoms with Gasteiger partial charge in [-0.2, -0.15) is 0 Å². The summed E-state index contributed by atoms with van der Waals surface area (Å²) in [7, 11) is 0. The number of rotatable bonds is 6. The third kappa shape index (κ3) is 5.20. The van der Waals surface area contributed by atoms with Gasteiger partial charge in [-0.25, -0.2) is 9.97 Å². The van der Waals surface area contributed by atoms with Gasteiger partial charge in [0.25, 0.3) is 0 Å². The van der Waals surface area contributed by atoms with E-state index in [4.69, 9.17) is 16.3 Å². The fourth-order valence-corrected chi connectivity index (χ4v) is 3.81. The molecule has 2 aromatic heterocycles. The number of nitrogens with one attached hydrogen (secondary N) is 3. The van der Waals surface area contributed by atoms with Crippen LogP contribution in [0.4, 0.5) is 11.6 Å². The van der Waals surface area contributed by atoms with Crippen LogP contribution in [-0.4, -0.2) is 53.2 Å². The van der Waals surface area contributed by atoms with Gasteiger partial charge in [0.1, 0.15) is 11.6 Å². The molecule has 0 aromatic carbocycles. The molecule has 154 valence electrons. The molecule has 1 amide bonds. The maximum absolute atomic E-state index is 12.3. The van der Waals surface area contributed by atoms with Crippen LogP contribution in [0, 0.1) is 5.92 Å². The topological polar surface area (TPSA) is 101 Å². The van der Waals surface area contributed by atoms with E-state index in [2.05, 4.69) is 30.9 Å². The normalized spacial score (nSPS) is 19.8. The lowest BCUT2D eigenvalue weighted by Crippen LogP contribution is -2.35. The van der Waals surface area contributed by atoms with Crippen LogP contribution in [-0.2, 0) is 9.53 Å². The molecule has 2 aliphatic heterocycles. The third-order valence-electron chi connectivity index (χ3n) is 5.31. The van der Waals surface area contributed by atoms with Crippen molar-refractivity contribution in [2.75, 3.05) is 36.9 Å². The van der Waals surface area contributed by atoms with E-state index in [0.717, 1.165) is 52.0 Å². The smallest absolute Gasteiger partial charge is 0.242 e. The first kappa shape index (κ1) is 20.0. The molecule has 0 radical (unpaired) electrons. The second kappa shape index (κ2) is 9.47. The number of hydrogen-bond acceptors (Lipinski definition) is 7. The molecule has 1 atom stereocenters. The molecule has 0 bridgehead atoms. The van der Waals surface area contributed by atoms with Crippen LogP contribution in [0.1, 0.15) is 25.7 Å². The number of halogens is 1. The first-order chi connectivity index (χ1) is 14.2. The van der Waals surface area contributed by atoms with E-state index in [0.29, 0.717) is 33.8 Å². The number of anilines is 2. The van der Waals surface area contributed by atoms with Crippen molar-refractivity contribution in [3.05, 3.63) is 29.7 Å².